The van der Waals surface area contributed by atoms with E-state index < -0.39 is 5.91 Å². The van der Waals surface area contributed by atoms with E-state index in [1.807, 2.05) is 30.3 Å². The highest BCUT2D eigenvalue weighted by molar-refractivity contribution is 5.97. The van der Waals surface area contributed by atoms with E-state index in [1.165, 1.54) is 13.3 Å². The van der Waals surface area contributed by atoms with Crippen molar-refractivity contribution in [2.45, 2.75) is 6.54 Å². The minimum Gasteiger partial charge on any atom is -0.497 e. The van der Waals surface area contributed by atoms with Crippen LogP contribution < -0.4 is 15.5 Å². The zero-order valence-electron chi connectivity index (χ0n) is 12.6. The van der Waals surface area contributed by atoms with Crippen LogP contribution in [0.1, 0.15) is 15.9 Å². The number of methoxy groups -OCH3 is 1. The first kappa shape index (κ1) is 14.8. The van der Waals surface area contributed by atoms with Crippen LogP contribution in [0.4, 0.5) is 0 Å². The lowest BCUT2D eigenvalue weighted by Crippen LogP contribution is -2.28. The van der Waals surface area contributed by atoms with Crippen molar-refractivity contribution in [3.63, 3.8) is 0 Å². The predicted octanol–water partition coefficient (Wildman–Crippen LogP) is 2.47. The average Bonchev–Trinajstić information content (AvgIpc) is 2.60. The van der Waals surface area contributed by atoms with Crippen molar-refractivity contribution < 1.29 is 9.53 Å². The summed E-state index contributed by atoms with van der Waals surface area (Å²) in [6, 6.07) is 14.7. The van der Waals surface area contributed by atoms with Gasteiger partial charge in [0.1, 0.15) is 11.3 Å². The molecule has 0 radical (unpaired) electrons. The van der Waals surface area contributed by atoms with Gasteiger partial charge in [0.15, 0.2) is 0 Å². The highest BCUT2D eigenvalue weighted by Crippen LogP contribution is 2.16. The van der Waals surface area contributed by atoms with E-state index in [-0.39, 0.29) is 11.0 Å². The molecule has 2 aromatic carbocycles. The normalized spacial score (nSPS) is 10.5. The standard InChI is InChI=1S/C18H16N2O3/c1-23-13-7-8-16-14(9-13)17(21)15(11-19-16)18(22)20-10-12-5-3-2-4-6-12/h2-9,11H,10H2,1H3,(H,19,21)(H,20,22). The largest absolute Gasteiger partial charge is 0.497 e. The van der Waals surface area contributed by atoms with Crippen LogP contribution in [0, 0.1) is 0 Å². The Morgan fingerprint density at radius 1 is 1.17 bits per heavy atom. The summed E-state index contributed by atoms with van der Waals surface area (Å²) in [4.78, 5) is 27.8. The second kappa shape index (κ2) is 6.36. The molecule has 0 saturated carbocycles. The number of carbonyl (C=O) groups excluding carboxylic acids is 1. The van der Waals surface area contributed by atoms with Gasteiger partial charge in [-0.15, -0.1) is 0 Å². The van der Waals surface area contributed by atoms with Gasteiger partial charge >= 0.3 is 0 Å². The highest BCUT2D eigenvalue weighted by Gasteiger charge is 2.13. The number of fused-ring (bicyclic) bond motifs is 1. The summed E-state index contributed by atoms with van der Waals surface area (Å²) >= 11 is 0. The van der Waals surface area contributed by atoms with Crippen LogP contribution >= 0.6 is 0 Å². The summed E-state index contributed by atoms with van der Waals surface area (Å²) < 4.78 is 5.13. The number of hydrogen-bond donors (Lipinski definition) is 2. The molecule has 1 amide bonds. The summed E-state index contributed by atoms with van der Waals surface area (Å²) in [6.07, 6.45) is 1.44. The molecule has 0 bridgehead atoms. The number of rotatable bonds is 4. The van der Waals surface area contributed by atoms with E-state index in [9.17, 15) is 9.59 Å². The van der Waals surface area contributed by atoms with Crippen LogP contribution in [0.2, 0.25) is 0 Å². The quantitative estimate of drug-likeness (QED) is 0.778. The highest BCUT2D eigenvalue weighted by atomic mass is 16.5. The molecule has 0 atom stereocenters. The topological polar surface area (TPSA) is 71.2 Å². The number of hydrogen-bond acceptors (Lipinski definition) is 3. The van der Waals surface area contributed by atoms with Gasteiger partial charge in [0.2, 0.25) is 5.43 Å². The zero-order valence-corrected chi connectivity index (χ0v) is 12.6. The minimum absolute atomic E-state index is 0.0849. The molecular formula is C18H16N2O3. The molecule has 3 rings (SSSR count). The monoisotopic (exact) mass is 308 g/mol. The molecule has 23 heavy (non-hydrogen) atoms. The Labute approximate surface area is 132 Å². The van der Waals surface area contributed by atoms with Crippen LogP contribution in [0.5, 0.6) is 5.75 Å². The molecule has 0 spiro atoms. The second-order valence-corrected chi connectivity index (χ2v) is 5.11. The lowest BCUT2D eigenvalue weighted by atomic mass is 10.1. The fourth-order valence-electron chi connectivity index (χ4n) is 2.37. The maximum Gasteiger partial charge on any atom is 0.257 e. The van der Waals surface area contributed by atoms with E-state index in [4.69, 9.17) is 4.74 Å². The Bertz CT molecular complexity index is 901. The van der Waals surface area contributed by atoms with Crippen LogP contribution in [0.25, 0.3) is 10.9 Å². The summed E-state index contributed by atoms with van der Waals surface area (Å²) in [7, 11) is 1.53. The van der Waals surface area contributed by atoms with Gasteiger partial charge in [0.05, 0.1) is 7.11 Å². The third-order valence-electron chi connectivity index (χ3n) is 3.63. The number of aromatic amines is 1. The van der Waals surface area contributed by atoms with Crippen molar-refractivity contribution in [2.24, 2.45) is 0 Å². The van der Waals surface area contributed by atoms with Gasteiger partial charge in [-0.2, -0.15) is 0 Å². The van der Waals surface area contributed by atoms with Crippen molar-refractivity contribution >= 4 is 16.8 Å². The van der Waals surface area contributed by atoms with E-state index >= 15 is 0 Å². The van der Waals surface area contributed by atoms with Crippen LogP contribution in [-0.2, 0) is 6.54 Å². The molecule has 3 aromatic rings. The summed E-state index contributed by atoms with van der Waals surface area (Å²) in [5.41, 5.74) is 1.40. The van der Waals surface area contributed by atoms with Crippen molar-refractivity contribution in [2.75, 3.05) is 7.11 Å². The Morgan fingerprint density at radius 2 is 1.96 bits per heavy atom. The fourth-order valence-corrected chi connectivity index (χ4v) is 2.37. The Balaban J connectivity index is 1.88. The van der Waals surface area contributed by atoms with Gasteiger partial charge in [-0.25, -0.2) is 0 Å². The Kier molecular flexibility index (Phi) is 4.10. The van der Waals surface area contributed by atoms with Crippen molar-refractivity contribution in [1.82, 2.24) is 10.3 Å². The summed E-state index contributed by atoms with van der Waals surface area (Å²) in [6.45, 7) is 0.370. The molecule has 2 N–H and O–H groups in total. The first-order chi connectivity index (χ1) is 11.2. The lowest BCUT2D eigenvalue weighted by molar-refractivity contribution is 0.0949. The van der Waals surface area contributed by atoms with Crippen LogP contribution in [-0.4, -0.2) is 18.0 Å². The van der Waals surface area contributed by atoms with Crippen molar-refractivity contribution in [3.05, 3.63) is 76.1 Å². The predicted molar refractivity (Wildman–Crippen MR) is 88.7 cm³/mol. The Hall–Kier alpha value is -3.08. The van der Waals surface area contributed by atoms with E-state index in [0.29, 0.717) is 23.2 Å². The van der Waals surface area contributed by atoms with Gasteiger partial charge in [-0.1, -0.05) is 30.3 Å². The number of ether oxygens (including phenoxy) is 1. The average molecular weight is 308 g/mol. The maximum absolute atomic E-state index is 12.5. The molecule has 0 unspecified atom stereocenters. The number of H-pyrrole nitrogens is 1. The number of nitrogens with one attached hydrogen (secondary N) is 2. The minimum atomic E-state index is -0.403. The molecule has 5 nitrogen and oxygen atoms in total. The zero-order chi connectivity index (χ0) is 16.2. The smallest absolute Gasteiger partial charge is 0.257 e. The van der Waals surface area contributed by atoms with Gasteiger partial charge in [-0.3, -0.25) is 9.59 Å². The first-order valence-corrected chi connectivity index (χ1v) is 7.20. The summed E-state index contributed by atoms with van der Waals surface area (Å²) in [5.74, 6) is 0.171. The number of carbonyl (C=O) groups is 1. The van der Waals surface area contributed by atoms with E-state index in [1.54, 1.807) is 18.2 Å². The SMILES string of the molecule is COc1ccc2[nH]cc(C(=O)NCc3ccccc3)c(=O)c2c1. The lowest BCUT2D eigenvalue weighted by Gasteiger charge is -2.07. The number of pyridine rings is 1. The van der Waals surface area contributed by atoms with Gasteiger partial charge < -0.3 is 15.0 Å². The van der Waals surface area contributed by atoms with Crippen molar-refractivity contribution in [3.8, 4) is 5.75 Å². The van der Waals surface area contributed by atoms with Gasteiger partial charge in [0, 0.05) is 23.6 Å². The molecule has 5 heteroatoms. The molecule has 0 saturated heterocycles. The van der Waals surface area contributed by atoms with E-state index in [0.717, 1.165) is 5.56 Å². The molecule has 0 aliphatic carbocycles. The molecule has 1 aromatic heterocycles. The second-order valence-electron chi connectivity index (χ2n) is 5.11. The van der Waals surface area contributed by atoms with Crippen molar-refractivity contribution in [1.29, 1.82) is 0 Å². The molecule has 0 aliphatic rings. The fraction of sp³-hybridized carbons (Fsp3) is 0.111. The molecule has 1 heterocycles. The Morgan fingerprint density at radius 3 is 2.70 bits per heavy atom. The number of aromatic nitrogens is 1. The molecule has 0 aliphatic heterocycles. The third kappa shape index (κ3) is 3.08. The number of benzene rings is 2. The molecule has 116 valence electrons. The first-order valence-electron chi connectivity index (χ1n) is 7.20. The van der Waals surface area contributed by atoms with E-state index in [2.05, 4.69) is 10.3 Å². The van der Waals surface area contributed by atoms with Crippen LogP contribution in [0.15, 0.2) is 59.5 Å². The number of amides is 1. The van der Waals surface area contributed by atoms with Gasteiger partial charge in [0.25, 0.3) is 5.91 Å². The van der Waals surface area contributed by atoms with Crippen LogP contribution in [0.3, 0.4) is 0 Å². The third-order valence-corrected chi connectivity index (χ3v) is 3.63. The maximum atomic E-state index is 12.5. The molecular weight excluding hydrogens is 292 g/mol. The van der Waals surface area contributed by atoms with Gasteiger partial charge in [-0.05, 0) is 23.8 Å². The summed E-state index contributed by atoms with van der Waals surface area (Å²) in [5, 5.41) is 3.19. The molecule has 0 fully saturated rings.